The van der Waals surface area contributed by atoms with Gasteiger partial charge in [-0.1, -0.05) is 35.9 Å². The molecule has 1 N–H and O–H groups in total. The number of benzene rings is 2. The van der Waals surface area contributed by atoms with Crippen LogP contribution in [-0.4, -0.2) is 5.91 Å². The van der Waals surface area contributed by atoms with E-state index in [-0.39, 0.29) is 5.91 Å². The molecule has 0 fully saturated rings. The van der Waals surface area contributed by atoms with Crippen LogP contribution in [0.15, 0.2) is 53.4 Å². The molecule has 0 radical (unpaired) electrons. The lowest BCUT2D eigenvalue weighted by molar-refractivity contribution is 0.0950. The van der Waals surface area contributed by atoms with Gasteiger partial charge in [-0.05, 0) is 30.7 Å². The predicted molar refractivity (Wildman–Crippen MR) is 76.0 cm³/mol. The summed E-state index contributed by atoms with van der Waals surface area (Å²) in [5.41, 5.74) is 2.93. The highest BCUT2D eigenvalue weighted by atomic mass is 32.1. The summed E-state index contributed by atoms with van der Waals surface area (Å²) in [6, 6.07) is 15.3. The van der Waals surface area contributed by atoms with Gasteiger partial charge in [-0.25, -0.2) is 0 Å². The van der Waals surface area contributed by atoms with Gasteiger partial charge in [0, 0.05) is 17.0 Å². The summed E-state index contributed by atoms with van der Waals surface area (Å²) in [6.07, 6.45) is 0. The van der Waals surface area contributed by atoms with Crippen LogP contribution in [0.25, 0.3) is 0 Å². The molecule has 3 heteroatoms. The minimum atomic E-state index is -0.0765. The summed E-state index contributed by atoms with van der Waals surface area (Å²) in [4.78, 5) is 12.7. The fourth-order valence-corrected chi connectivity index (χ4v) is 1.98. The van der Waals surface area contributed by atoms with Gasteiger partial charge >= 0.3 is 0 Å². The lowest BCUT2D eigenvalue weighted by Crippen LogP contribution is -2.22. The van der Waals surface area contributed by atoms with Crippen molar-refractivity contribution in [3.63, 3.8) is 0 Å². The molecule has 2 aromatic carbocycles. The number of nitrogens with one attached hydrogen (secondary N) is 1. The molecule has 2 rings (SSSR count). The molecule has 0 heterocycles. The summed E-state index contributed by atoms with van der Waals surface area (Å²) >= 11 is 4.22. The number of hydrogen-bond donors (Lipinski definition) is 2. The number of thiol groups is 1. The molecule has 0 aromatic heterocycles. The van der Waals surface area contributed by atoms with Gasteiger partial charge in [-0.3, -0.25) is 4.79 Å². The first-order chi connectivity index (χ1) is 8.65. The van der Waals surface area contributed by atoms with Crippen molar-refractivity contribution >= 4 is 18.5 Å². The molecule has 0 aliphatic heterocycles. The maximum atomic E-state index is 11.9. The third kappa shape index (κ3) is 3.37. The predicted octanol–water partition coefficient (Wildman–Crippen LogP) is 3.21. The molecule has 0 spiro atoms. The lowest BCUT2D eigenvalue weighted by Gasteiger charge is -2.06. The molecule has 2 aromatic rings. The Hall–Kier alpha value is -1.74. The topological polar surface area (TPSA) is 29.1 Å². The second kappa shape index (κ2) is 5.74. The van der Waals surface area contributed by atoms with Crippen LogP contribution < -0.4 is 5.32 Å². The Bertz CT molecular complexity index is 566. The zero-order chi connectivity index (χ0) is 13.0. The summed E-state index contributed by atoms with van der Waals surface area (Å²) < 4.78 is 0. The standard InChI is InChI=1S/C15H15NOS/c1-11-4-2-5-12(8-11)10-16-15(17)13-6-3-7-14(18)9-13/h2-9,18H,10H2,1H3,(H,16,17). The normalized spacial score (nSPS) is 10.1. The van der Waals surface area contributed by atoms with Crippen molar-refractivity contribution < 1.29 is 4.79 Å². The van der Waals surface area contributed by atoms with E-state index in [1.54, 1.807) is 12.1 Å². The molecule has 0 atom stereocenters. The van der Waals surface area contributed by atoms with Gasteiger partial charge < -0.3 is 5.32 Å². The van der Waals surface area contributed by atoms with E-state index in [0.29, 0.717) is 12.1 Å². The van der Waals surface area contributed by atoms with E-state index in [0.717, 1.165) is 10.5 Å². The molecule has 2 nitrogen and oxygen atoms in total. The average Bonchev–Trinajstić information content (AvgIpc) is 2.36. The first kappa shape index (κ1) is 12.7. The van der Waals surface area contributed by atoms with Crippen molar-refractivity contribution in [1.29, 1.82) is 0 Å². The van der Waals surface area contributed by atoms with Crippen molar-refractivity contribution in [3.05, 3.63) is 65.2 Å². The molecular formula is C15H15NOS. The lowest BCUT2D eigenvalue weighted by atomic mass is 10.1. The molecule has 18 heavy (non-hydrogen) atoms. The van der Waals surface area contributed by atoms with E-state index in [2.05, 4.69) is 24.0 Å². The number of amides is 1. The summed E-state index contributed by atoms with van der Waals surface area (Å²) in [7, 11) is 0. The zero-order valence-corrected chi connectivity index (χ0v) is 11.1. The van der Waals surface area contributed by atoms with E-state index in [1.807, 2.05) is 37.3 Å². The summed E-state index contributed by atoms with van der Waals surface area (Å²) in [6.45, 7) is 2.58. The van der Waals surface area contributed by atoms with Crippen molar-refractivity contribution in [2.75, 3.05) is 0 Å². The molecule has 0 saturated carbocycles. The van der Waals surface area contributed by atoms with Crippen molar-refractivity contribution in [3.8, 4) is 0 Å². The van der Waals surface area contributed by atoms with Crippen LogP contribution in [-0.2, 0) is 6.54 Å². The molecule has 0 unspecified atom stereocenters. The van der Waals surface area contributed by atoms with E-state index in [9.17, 15) is 4.79 Å². The van der Waals surface area contributed by atoms with Crippen molar-refractivity contribution in [2.24, 2.45) is 0 Å². The average molecular weight is 257 g/mol. The van der Waals surface area contributed by atoms with Crippen molar-refractivity contribution in [2.45, 2.75) is 18.4 Å². The number of carbonyl (C=O) groups is 1. The van der Waals surface area contributed by atoms with Crippen LogP contribution >= 0.6 is 12.6 Å². The summed E-state index contributed by atoms with van der Waals surface area (Å²) in [5, 5.41) is 2.90. The minimum absolute atomic E-state index is 0.0765. The minimum Gasteiger partial charge on any atom is -0.348 e. The first-order valence-electron chi connectivity index (χ1n) is 5.78. The van der Waals surface area contributed by atoms with Crippen LogP contribution in [0, 0.1) is 6.92 Å². The van der Waals surface area contributed by atoms with Gasteiger partial charge in [0.2, 0.25) is 0 Å². The Morgan fingerprint density at radius 3 is 2.67 bits per heavy atom. The maximum absolute atomic E-state index is 11.9. The van der Waals surface area contributed by atoms with Crippen LogP contribution in [0.5, 0.6) is 0 Å². The Labute approximate surface area is 112 Å². The smallest absolute Gasteiger partial charge is 0.251 e. The number of hydrogen-bond acceptors (Lipinski definition) is 2. The second-order valence-electron chi connectivity index (χ2n) is 4.22. The van der Waals surface area contributed by atoms with E-state index < -0.39 is 0 Å². The van der Waals surface area contributed by atoms with Gasteiger partial charge in [0.05, 0.1) is 0 Å². The Morgan fingerprint density at radius 2 is 1.94 bits per heavy atom. The number of rotatable bonds is 3. The van der Waals surface area contributed by atoms with Gasteiger partial charge in [0.15, 0.2) is 0 Å². The molecule has 0 aliphatic rings. The number of carbonyl (C=O) groups excluding carboxylic acids is 1. The van der Waals surface area contributed by atoms with Crippen LogP contribution in [0.2, 0.25) is 0 Å². The zero-order valence-electron chi connectivity index (χ0n) is 10.2. The Balaban J connectivity index is 2.00. The van der Waals surface area contributed by atoms with Gasteiger partial charge in [-0.2, -0.15) is 0 Å². The Morgan fingerprint density at radius 1 is 1.17 bits per heavy atom. The molecule has 0 aliphatic carbocycles. The van der Waals surface area contributed by atoms with Crippen LogP contribution in [0.3, 0.4) is 0 Å². The van der Waals surface area contributed by atoms with E-state index in [4.69, 9.17) is 0 Å². The monoisotopic (exact) mass is 257 g/mol. The van der Waals surface area contributed by atoms with Gasteiger partial charge in [0.25, 0.3) is 5.91 Å². The fraction of sp³-hybridized carbons (Fsp3) is 0.133. The molecule has 92 valence electrons. The second-order valence-corrected chi connectivity index (χ2v) is 4.74. The van der Waals surface area contributed by atoms with E-state index >= 15 is 0 Å². The maximum Gasteiger partial charge on any atom is 0.251 e. The molecule has 0 bridgehead atoms. The quantitative estimate of drug-likeness (QED) is 0.812. The molecular weight excluding hydrogens is 242 g/mol. The van der Waals surface area contributed by atoms with Crippen LogP contribution in [0.1, 0.15) is 21.5 Å². The van der Waals surface area contributed by atoms with Crippen LogP contribution in [0.4, 0.5) is 0 Å². The third-order valence-electron chi connectivity index (χ3n) is 2.64. The molecule has 0 saturated heterocycles. The highest BCUT2D eigenvalue weighted by Gasteiger charge is 2.04. The largest absolute Gasteiger partial charge is 0.348 e. The number of aryl methyl sites for hydroxylation is 1. The third-order valence-corrected chi connectivity index (χ3v) is 2.92. The highest BCUT2D eigenvalue weighted by Crippen LogP contribution is 2.09. The van der Waals surface area contributed by atoms with Gasteiger partial charge in [-0.15, -0.1) is 12.6 Å². The summed E-state index contributed by atoms with van der Waals surface area (Å²) in [5.74, 6) is -0.0765. The highest BCUT2D eigenvalue weighted by molar-refractivity contribution is 7.80. The molecule has 1 amide bonds. The van der Waals surface area contributed by atoms with Crippen molar-refractivity contribution in [1.82, 2.24) is 5.32 Å². The first-order valence-corrected chi connectivity index (χ1v) is 6.22. The Kier molecular flexibility index (Phi) is 4.05. The van der Waals surface area contributed by atoms with Gasteiger partial charge in [0.1, 0.15) is 0 Å². The van der Waals surface area contributed by atoms with E-state index in [1.165, 1.54) is 5.56 Å². The fourth-order valence-electron chi connectivity index (χ4n) is 1.75. The SMILES string of the molecule is Cc1cccc(CNC(=O)c2cccc(S)c2)c1.